The quantitative estimate of drug-likeness (QED) is 0.865. The Kier molecular flexibility index (Phi) is 3.27. The summed E-state index contributed by atoms with van der Waals surface area (Å²) in [5, 5.41) is 0. The molecule has 2 saturated heterocycles. The zero-order valence-electron chi connectivity index (χ0n) is 11.2. The van der Waals surface area contributed by atoms with Gasteiger partial charge in [-0.05, 0) is 37.9 Å². The van der Waals surface area contributed by atoms with Gasteiger partial charge in [0.25, 0.3) is 0 Å². The van der Waals surface area contributed by atoms with Crippen LogP contribution in [0.1, 0.15) is 31.4 Å². The molecule has 0 radical (unpaired) electrons. The van der Waals surface area contributed by atoms with E-state index in [1.165, 1.54) is 43.7 Å². The first-order chi connectivity index (χ1) is 8.75. The first-order valence-corrected chi connectivity index (χ1v) is 7.09. The lowest BCUT2D eigenvalue weighted by Crippen LogP contribution is -2.50. The number of nitrogens with zero attached hydrogens (tertiary/aromatic N) is 2. The molecule has 0 bridgehead atoms. The summed E-state index contributed by atoms with van der Waals surface area (Å²) in [6.45, 7) is 6.89. The van der Waals surface area contributed by atoms with Gasteiger partial charge < -0.3 is 10.6 Å². The van der Waals surface area contributed by atoms with E-state index < -0.39 is 0 Å². The Morgan fingerprint density at radius 1 is 1.22 bits per heavy atom. The van der Waals surface area contributed by atoms with Crippen molar-refractivity contribution >= 4 is 5.69 Å². The number of hydrogen-bond donors (Lipinski definition) is 1. The Bertz CT molecular complexity index is 416. The molecule has 2 atom stereocenters. The van der Waals surface area contributed by atoms with E-state index >= 15 is 0 Å². The molecule has 2 fully saturated rings. The lowest BCUT2D eigenvalue weighted by atomic mass is 10.0. The maximum absolute atomic E-state index is 6.09. The summed E-state index contributed by atoms with van der Waals surface area (Å²) < 4.78 is 0. The van der Waals surface area contributed by atoms with Crippen molar-refractivity contribution in [2.24, 2.45) is 5.73 Å². The third kappa shape index (κ3) is 2.13. The van der Waals surface area contributed by atoms with Crippen molar-refractivity contribution in [1.29, 1.82) is 0 Å². The molecule has 0 amide bonds. The van der Waals surface area contributed by atoms with Crippen molar-refractivity contribution in [1.82, 2.24) is 4.90 Å². The summed E-state index contributed by atoms with van der Waals surface area (Å²) in [7, 11) is 0. The SMILES string of the molecule is C[C@H](N)c1ccccc1N1CCN2CCCC2C1. The maximum atomic E-state index is 6.09. The predicted molar refractivity (Wildman–Crippen MR) is 75.9 cm³/mol. The van der Waals surface area contributed by atoms with Crippen LogP contribution in [0.4, 0.5) is 5.69 Å². The van der Waals surface area contributed by atoms with Crippen molar-refractivity contribution in [3.05, 3.63) is 29.8 Å². The number of hydrogen-bond acceptors (Lipinski definition) is 3. The molecule has 18 heavy (non-hydrogen) atoms. The normalized spacial score (nSPS) is 26.1. The highest BCUT2D eigenvalue weighted by Crippen LogP contribution is 2.29. The molecule has 2 N–H and O–H groups in total. The smallest absolute Gasteiger partial charge is 0.0415 e. The molecule has 1 aromatic carbocycles. The molecule has 0 spiro atoms. The number of piperazine rings is 1. The zero-order chi connectivity index (χ0) is 12.5. The fourth-order valence-electron chi connectivity index (χ4n) is 3.37. The van der Waals surface area contributed by atoms with Crippen LogP contribution in [0.5, 0.6) is 0 Å². The minimum Gasteiger partial charge on any atom is -0.368 e. The fourth-order valence-corrected chi connectivity index (χ4v) is 3.37. The first-order valence-electron chi connectivity index (χ1n) is 7.09. The molecule has 2 aliphatic heterocycles. The standard InChI is InChI=1S/C15H23N3/c1-12(16)14-6-2-3-7-15(14)18-10-9-17-8-4-5-13(17)11-18/h2-3,6-7,12-13H,4-5,8-11,16H2,1H3/t12-,13?/m0/s1. The van der Waals surface area contributed by atoms with Crippen molar-refractivity contribution in [2.75, 3.05) is 31.1 Å². The lowest BCUT2D eigenvalue weighted by Gasteiger charge is -2.40. The molecule has 1 unspecified atom stereocenters. The Balaban J connectivity index is 1.82. The van der Waals surface area contributed by atoms with Crippen LogP contribution in [0.25, 0.3) is 0 Å². The Morgan fingerprint density at radius 3 is 2.89 bits per heavy atom. The monoisotopic (exact) mass is 245 g/mol. The second-order valence-corrected chi connectivity index (χ2v) is 5.63. The average Bonchev–Trinajstić information content (AvgIpc) is 2.85. The van der Waals surface area contributed by atoms with Gasteiger partial charge >= 0.3 is 0 Å². The minimum atomic E-state index is 0.114. The molecule has 0 saturated carbocycles. The van der Waals surface area contributed by atoms with Crippen LogP contribution in [0.15, 0.2) is 24.3 Å². The molecule has 3 heteroatoms. The highest BCUT2D eigenvalue weighted by molar-refractivity contribution is 5.55. The van der Waals surface area contributed by atoms with Crippen LogP contribution < -0.4 is 10.6 Å². The van der Waals surface area contributed by atoms with Crippen molar-refractivity contribution in [3.8, 4) is 0 Å². The van der Waals surface area contributed by atoms with Crippen LogP contribution in [0.3, 0.4) is 0 Å². The largest absolute Gasteiger partial charge is 0.368 e. The van der Waals surface area contributed by atoms with E-state index in [1.54, 1.807) is 0 Å². The van der Waals surface area contributed by atoms with Gasteiger partial charge in [-0.1, -0.05) is 18.2 Å². The topological polar surface area (TPSA) is 32.5 Å². The molecule has 3 rings (SSSR count). The molecule has 2 heterocycles. The van der Waals surface area contributed by atoms with E-state index in [9.17, 15) is 0 Å². The molecular weight excluding hydrogens is 222 g/mol. The van der Waals surface area contributed by atoms with Crippen molar-refractivity contribution < 1.29 is 0 Å². The van der Waals surface area contributed by atoms with Gasteiger partial charge in [0.05, 0.1) is 0 Å². The third-order valence-corrected chi connectivity index (χ3v) is 4.36. The van der Waals surface area contributed by atoms with Crippen LogP contribution in [0, 0.1) is 0 Å². The third-order valence-electron chi connectivity index (χ3n) is 4.36. The second kappa shape index (κ2) is 4.90. The van der Waals surface area contributed by atoms with Gasteiger partial charge in [-0.2, -0.15) is 0 Å². The molecule has 2 aliphatic rings. The van der Waals surface area contributed by atoms with Gasteiger partial charge in [-0.25, -0.2) is 0 Å². The number of fused-ring (bicyclic) bond motifs is 1. The number of rotatable bonds is 2. The van der Waals surface area contributed by atoms with Gasteiger partial charge in [-0.3, -0.25) is 4.90 Å². The van der Waals surface area contributed by atoms with Gasteiger partial charge in [0.2, 0.25) is 0 Å². The van der Waals surface area contributed by atoms with Crippen molar-refractivity contribution in [2.45, 2.75) is 31.8 Å². The van der Waals surface area contributed by atoms with Crippen molar-refractivity contribution in [3.63, 3.8) is 0 Å². The van der Waals surface area contributed by atoms with Gasteiger partial charge in [-0.15, -0.1) is 0 Å². The summed E-state index contributed by atoms with van der Waals surface area (Å²) in [5.41, 5.74) is 8.72. The Labute approximate surface area is 110 Å². The van der Waals surface area contributed by atoms with E-state index in [1.807, 2.05) is 0 Å². The number of benzene rings is 1. The van der Waals surface area contributed by atoms with Gasteiger partial charge in [0.15, 0.2) is 0 Å². The zero-order valence-corrected chi connectivity index (χ0v) is 11.2. The lowest BCUT2D eigenvalue weighted by molar-refractivity contribution is 0.231. The fraction of sp³-hybridized carbons (Fsp3) is 0.600. The van der Waals surface area contributed by atoms with E-state index in [2.05, 4.69) is 41.0 Å². The predicted octanol–water partition coefficient (Wildman–Crippen LogP) is 1.99. The highest BCUT2D eigenvalue weighted by Gasteiger charge is 2.31. The van der Waals surface area contributed by atoms with Gasteiger partial charge in [0.1, 0.15) is 0 Å². The van der Waals surface area contributed by atoms with Crippen LogP contribution in [-0.4, -0.2) is 37.1 Å². The van der Waals surface area contributed by atoms with E-state index in [0.717, 1.165) is 12.6 Å². The van der Waals surface area contributed by atoms with Gasteiger partial charge in [0, 0.05) is 37.4 Å². The Hall–Kier alpha value is -1.06. The second-order valence-electron chi connectivity index (χ2n) is 5.63. The van der Waals surface area contributed by atoms with E-state index in [0.29, 0.717) is 0 Å². The maximum Gasteiger partial charge on any atom is 0.0415 e. The molecule has 3 nitrogen and oxygen atoms in total. The Morgan fingerprint density at radius 2 is 2.06 bits per heavy atom. The van der Waals surface area contributed by atoms with Crippen LogP contribution >= 0.6 is 0 Å². The van der Waals surface area contributed by atoms with E-state index in [4.69, 9.17) is 5.73 Å². The average molecular weight is 245 g/mol. The summed E-state index contributed by atoms with van der Waals surface area (Å²) in [6.07, 6.45) is 2.73. The minimum absolute atomic E-state index is 0.114. The van der Waals surface area contributed by atoms with Crippen LogP contribution in [0.2, 0.25) is 0 Å². The summed E-state index contributed by atoms with van der Waals surface area (Å²) in [4.78, 5) is 5.18. The molecule has 98 valence electrons. The first kappa shape index (κ1) is 12.0. The summed E-state index contributed by atoms with van der Waals surface area (Å²) in [5.74, 6) is 0. The number of anilines is 1. The van der Waals surface area contributed by atoms with E-state index in [-0.39, 0.29) is 6.04 Å². The molecule has 0 aromatic heterocycles. The molecule has 0 aliphatic carbocycles. The van der Waals surface area contributed by atoms with Crippen LogP contribution in [-0.2, 0) is 0 Å². The summed E-state index contributed by atoms with van der Waals surface area (Å²) >= 11 is 0. The summed E-state index contributed by atoms with van der Waals surface area (Å²) in [6, 6.07) is 9.49. The molecular formula is C15H23N3. The number of nitrogens with two attached hydrogens (primary N) is 1. The molecule has 1 aromatic rings. The number of para-hydroxylation sites is 1. The highest BCUT2D eigenvalue weighted by atomic mass is 15.3.